The minimum atomic E-state index is -1.49. The van der Waals surface area contributed by atoms with Gasteiger partial charge in [-0.3, -0.25) is 0 Å². The Labute approximate surface area is 91.0 Å². The van der Waals surface area contributed by atoms with E-state index >= 15 is 0 Å². The summed E-state index contributed by atoms with van der Waals surface area (Å²) in [6.45, 7) is 7.17. The first-order valence-corrected chi connectivity index (χ1v) is 5.25. The monoisotopic (exact) mass is 210 g/mol. The van der Waals surface area contributed by atoms with Gasteiger partial charge in [0.25, 0.3) is 0 Å². The van der Waals surface area contributed by atoms with Crippen molar-refractivity contribution < 1.29 is 9.50 Å². The number of alkyl halides is 1. The third-order valence-electron chi connectivity index (χ3n) is 2.47. The zero-order chi connectivity index (χ0) is 11.7. The van der Waals surface area contributed by atoms with E-state index in [4.69, 9.17) is 0 Å². The molecule has 1 nitrogen and oxygen atoms in total. The van der Waals surface area contributed by atoms with Crippen molar-refractivity contribution in [2.45, 2.75) is 39.0 Å². The Morgan fingerprint density at radius 1 is 1.20 bits per heavy atom. The van der Waals surface area contributed by atoms with Gasteiger partial charge in [-0.15, -0.1) is 0 Å². The van der Waals surface area contributed by atoms with Crippen LogP contribution in [0.1, 0.15) is 27.7 Å². The van der Waals surface area contributed by atoms with Crippen molar-refractivity contribution in [1.82, 2.24) is 0 Å². The Balaban J connectivity index is 3.16. The molecule has 0 radical (unpaired) electrons. The summed E-state index contributed by atoms with van der Waals surface area (Å²) in [5.74, 6) is 0.273. The first-order chi connectivity index (χ1) is 6.72. The fourth-order valence-corrected chi connectivity index (χ4v) is 1.44. The molecule has 0 aromatic rings. The smallest absolute Gasteiger partial charge is 0.144 e. The van der Waals surface area contributed by atoms with Crippen LogP contribution >= 0.6 is 0 Å². The summed E-state index contributed by atoms with van der Waals surface area (Å²) in [5.41, 5.74) is -1.61. The number of rotatable bonds is 1. The lowest BCUT2D eigenvalue weighted by atomic mass is 9.90. The lowest BCUT2D eigenvalue weighted by Crippen LogP contribution is -2.22. The third-order valence-corrected chi connectivity index (χ3v) is 2.47. The van der Waals surface area contributed by atoms with Crippen LogP contribution in [-0.4, -0.2) is 16.4 Å². The first kappa shape index (κ1) is 12.2. The minimum absolute atomic E-state index is 0.273. The average Bonchev–Trinajstić information content (AvgIpc) is 2.07. The SMILES string of the molecule is CC(C)C1=C/C(C)(O)/C=C\C(C)(F)/C=C\1. The van der Waals surface area contributed by atoms with Crippen LogP contribution in [0.25, 0.3) is 0 Å². The largest absolute Gasteiger partial charge is 0.382 e. The van der Waals surface area contributed by atoms with Crippen molar-refractivity contribution >= 4 is 0 Å². The summed E-state index contributed by atoms with van der Waals surface area (Å²) < 4.78 is 13.8. The van der Waals surface area contributed by atoms with Crippen LogP contribution < -0.4 is 0 Å². The molecule has 1 aliphatic rings. The third kappa shape index (κ3) is 3.63. The van der Waals surface area contributed by atoms with Gasteiger partial charge < -0.3 is 5.11 Å². The van der Waals surface area contributed by atoms with Crippen LogP contribution in [0.15, 0.2) is 36.0 Å². The molecular formula is C13H19FO. The highest BCUT2D eigenvalue weighted by atomic mass is 19.1. The molecule has 0 saturated carbocycles. The van der Waals surface area contributed by atoms with Crippen molar-refractivity contribution in [3.63, 3.8) is 0 Å². The molecule has 1 aliphatic carbocycles. The zero-order valence-electron chi connectivity index (χ0n) is 9.79. The summed E-state index contributed by atoms with van der Waals surface area (Å²) in [7, 11) is 0. The molecule has 1 N–H and O–H groups in total. The fraction of sp³-hybridized carbons (Fsp3) is 0.538. The van der Waals surface area contributed by atoms with Gasteiger partial charge >= 0.3 is 0 Å². The molecule has 0 bridgehead atoms. The molecule has 0 aliphatic heterocycles. The van der Waals surface area contributed by atoms with Crippen LogP contribution in [0.5, 0.6) is 0 Å². The van der Waals surface area contributed by atoms with Crippen LogP contribution in [0.4, 0.5) is 4.39 Å². The summed E-state index contributed by atoms with van der Waals surface area (Å²) in [6, 6.07) is 0. The maximum absolute atomic E-state index is 13.8. The van der Waals surface area contributed by atoms with Gasteiger partial charge in [0, 0.05) is 0 Å². The van der Waals surface area contributed by atoms with E-state index in [1.807, 2.05) is 13.8 Å². The molecule has 0 heterocycles. The molecule has 0 spiro atoms. The van der Waals surface area contributed by atoms with Gasteiger partial charge in [-0.25, -0.2) is 4.39 Å². The molecular weight excluding hydrogens is 191 g/mol. The summed E-state index contributed by atoms with van der Waals surface area (Å²) in [4.78, 5) is 0. The van der Waals surface area contributed by atoms with Crippen molar-refractivity contribution in [3.05, 3.63) is 36.0 Å². The zero-order valence-corrected chi connectivity index (χ0v) is 9.79. The molecule has 2 atom stereocenters. The second-order valence-corrected chi connectivity index (χ2v) is 4.84. The average molecular weight is 210 g/mol. The maximum atomic E-state index is 13.8. The summed E-state index contributed by atoms with van der Waals surface area (Å²) in [5, 5.41) is 9.97. The summed E-state index contributed by atoms with van der Waals surface area (Å²) in [6.07, 6.45) is 7.92. The Morgan fingerprint density at radius 2 is 1.80 bits per heavy atom. The van der Waals surface area contributed by atoms with Gasteiger partial charge in [0.1, 0.15) is 5.67 Å². The number of hydrogen-bond acceptors (Lipinski definition) is 1. The number of hydrogen-bond donors (Lipinski definition) is 1. The molecule has 0 saturated heterocycles. The van der Waals surface area contributed by atoms with E-state index < -0.39 is 11.3 Å². The number of aliphatic hydroxyl groups is 1. The van der Waals surface area contributed by atoms with E-state index in [-0.39, 0.29) is 5.92 Å². The maximum Gasteiger partial charge on any atom is 0.144 e. The van der Waals surface area contributed by atoms with Gasteiger partial charge in [-0.2, -0.15) is 0 Å². The second-order valence-electron chi connectivity index (χ2n) is 4.84. The van der Waals surface area contributed by atoms with Crippen LogP contribution in [0, 0.1) is 5.92 Å². The Bertz CT molecular complexity index is 319. The molecule has 0 amide bonds. The predicted octanol–water partition coefficient (Wildman–Crippen LogP) is 3.17. The topological polar surface area (TPSA) is 20.2 Å². The van der Waals surface area contributed by atoms with Gasteiger partial charge in [0.05, 0.1) is 5.60 Å². The van der Waals surface area contributed by atoms with E-state index in [1.165, 1.54) is 25.2 Å². The van der Waals surface area contributed by atoms with Gasteiger partial charge in [0.15, 0.2) is 0 Å². The molecule has 2 unspecified atom stereocenters. The van der Waals surface area contributed by atoms with E-state index in [0.717, 1.165) is 5.57 Å². The molecule has 84 valence electrons. The minimum Gasteiger partial charge on any atom is -0.382 e. The van der Waals surface area contributed by atoms with Crippen molar-refractivity contribution in [2.24, 2.45) is 5.92 Å². The highest BCUT2D eigenvalue weighted by Crippen LogP contribution is 2.25. The second kappa shape index (κ2) is 3.93. The van der Waals surface area contributed by atoms with Gasteiger partial charge in [0.2, 0.25) is 0 Å². The first-order valence-electron chi connectivity index (χ1n) is 5.25. The van der Waals surface area contributed by atoms with E-state index in [1.54, 1.807) is 19.1 Å². The van der Waals surface area contributed by atoms with Crippen molar-refractivity contribution in [1.29, 1.82) is 0 Å². The molecule has 0 aromatic heterocycles. The van der Waals surface area contributed by atoms with E-state index in [9.17, 15) is 9.50 Å². The Kier molecular flexibility index (Phi) is 3.19. The number of allylic oxidation sites excluding steroid dienone is 4. The van der Waals surface area contributed by atoms with Crippen molar-refractivity contribution in [2.75, 3.05) is 0 Å². The van der Waals surface area contributed by atoms with Crippen LogP contribution in [0.3, 0.4) is 0 Å². The standard InChI is InChI=1S/C13H19FO/c1-10(2)11-5-6-12(3,14)7-8-13(4,15)9-11/h5-10,15H,1-4H3/b6-5-,8-7-,11-9+. The van der Waals surface area contributed by atoms with Gasteiger partial charge in [-0.05, 0) is 43.6 Å². The fourth-order valence-electron chi connectivity index (χ4n) is 1.44. The highest BCUT2D eigenvalue weighted by molar-refractivity contribution is 5.33. The van der Waals surface area contributed by atoms with E-state index in [0.29, 0.717) is 0 Å². The Hall–Kier alpha value is -0.890. The number of halogens is 1. The molecule has 15 heavy (non-hydrogen) atoms. The lowest BCUT2D eigenvalue weighted by Gasteiger charge is -2.22. The van der Waals surface area contributed by atoms with E-state index in [2.05, 4.69) is 0 Å². The molecule has 1 rings (SSSR count). The highest BCUT2D eigenvalue weighted by Gasteiger charge is 2.22. The molecule has 2 heteroatoms. The van der Waals surface area contributed by atoms with Crippen LogP contribution in [0.2, 0.25) is 0 Å². The lowest BCUT2D eigenvalue weighted by molar-refractivity contribution is 0.160. The van der Waals surface area contributed by atoms with Crippen molar-refractivity contribution in [3.8, 4) is 0 Å². The Morgan fingerprint density at radius 3 is 2.33 bits per heavy atom. The van der Waals surface area contributed by atoms with Crippen LogP contribution in [-0.2, 0) is 0 Å². The predicted molar refractivity (Wildman–Crippen MR) is 61.3 cm³/mol. The summed E-state index contributed by atoms with van der Waals surface area (Å²) >= 11 is 0. The quantitative estimate of drug-likeness (QED) is 0.659. The normalized spacial score (nSPS) is 44.1. The molecule has 0 aromatic carbocycles. The van der Waals surface area contributed by atoms with Gasteiger partial charge in [-0.1, -0.05) is 26.0 Å². The molecule has 0 fully saturated rings.